The fourth-order valence-electron chi connectivity index (χ4n) is 1.88. The molecule has 4 heteroatoms. The van der Waals surface area contributed by atoms with Crippen LogP contribution in [0.15, 0.2) is 37.0 Å². The van der Waals surface area contributed by atoms with Crippen LogP contribution in [0.3, 0.4) is 0 Å². The molecule has 1 amide bonds. The third kappa shape index (κ3) is 3.03. The Kier molecular flexibility index (Phi) is 5.24. The maximum absolute atomic E-state index is 12.2. The molecule has 0 saturated heterocycles. The summed E-state index contributed by atoms with van der Waals surface area (Å²) in [6, 6.07) is -0.526. The predicted octanol–water partition coefficient (Wildman–Crippen LogP) is 1.15. The minimum Gasteiger partial charge on any atom is -0.335 e. The number of likely N-dealkylation sites (N-methyl/N-ethyl adjacent to an activating group) is 1. The van der Waals surface area contributed by atoms with Gasteiger partial charge in [-0.05, 0) is 6.42 Å². The molecule has 4 nitrogen and oxygen atoms in total. The first-order valence-electron chi connectivity index (χ1n) is 5.78. The molecule has 0 radical (unpaired) electrons. The summed E-state index contributed by atoms with van der Waals surface area (Å²) in [5.74, 6) is -1.21. The van der Waals surface area contributed by atoms with Crippen LogP contribution in [0.5, 0.6) is 0 Å². The van der Waals surface area contributed by atoms with Gasteiger partial charge in [-0.2, -0.15) is 0 Å². The van der Waals surface area contributed by atoms with Crippen LogP contribution in [0, 0.1) is 11.8 Å². The summed E-state index contributed by atoms with van der Waals surface area (Å²) in [6.07, 6.45) is 10.3. The van der Waals surface area contributed by atoms with Crippen molar-refractivity contribution in [1.29, 1.82) is 0 Å². The molecule has 0 aliphatic heterocycles. The Morgan fingerprint density at radius 1 is 1.39 bits per heavy atom. The highest BCUT2D eigenvalue weighted by atomic mass is 16.2. The molecule has 0 fully saturated rings. The molecule has 1 rings (SSSR count). The topological polar surface area (TPSA) is 54.5 Å². The van der Waals surface area contributed by atoms with E-state index in [2.05, 4.69) is 6.58 Å². The minimum absolute atomic E-state index is 0.230. The van der Waals surface area contributed by atoms with E-state index in [4.69, 9.17) is 0 Å². The molecule has 1 aliphatic carbocycles. The number of hydrogen-bond donors (Lipinski definition) is 0. The Bertz CT molecular complexity index is 398. The van der Waals surface area contributed by atoms with Crippen LogP contribution in [0.1, 0.15) is 6.42 Å². The number of carbonyl (C=O) groups is 3. The van der Waals surface area contributed by atoms with Crippen molar-refractivity contribution in [1.82, 2.24) is 4.90 Å². The maximum atomic E-state index is 12.2. The molecule has 0 aromatic heterocycles. The molecule has 3 unspecified atom stereocenters. The Labute approximate surface area is 107 Å². The molecule has 1 aliphatic rings. The summed E-state index contributed by atoms with van der Waals surface area (Å²) in [4.78, 5) is 35.5. The zero-order valence-electron chi connectivity index (χ0n) is 10.4. The summed E-state index contributed by atoms with van der Waals surface area (Å²) >= 11 is 0. The molecule has 18 heavy (non-hydrogen) atoms. The first-order valence-corrected chi connectivity index (χ1v) is 5.78. The highest BCUT2D eigenvalue weighted by Crippen LogP contribution is 2.21. The van der Waals surface area contributed by atoms with E-state index in [0.29, 0.717) is 6.42 Å². The van der Waals surface area contributed by atoms with E-state index in [-0.39, 0.29) is 5.91 Å². The normalized spacial score (nSPS) is 23.2. The molecule has 0 spiro atoms. The predicted molar refractivity (Wildman–Crippen MR) is 68.8 cm³/mol. The molecular weight excluding hydrogens is 230 g/mol. The summed E-state index contributed by atoms with van der Waals surface area (Å²) in [5, 5.41) is 0. The van der Waals surface area contributed by atoms with Crippen molar-refractivity contribution in [3.05, 3.63) is 37.0 Å². The Hall–Kier alpha value is -1.97. The average Bonchev–Trinajstić information content (AvgIpc) is 2.43. The standard InChI is InChI=1S/C14H17NO3/c1-3-6-12(10-17)15(2)14(18)13-8-5-4-7-11(13)9-16/h3-5,7-13H,1,6H2,2H3. The van der Waals surface area contributed by atoms with E-state index in [1.807, 2.05) is 0 Å². The van der Waals surface area contributed by atoms with Crippen molar-refractivity contribution in [2.24, 2.45) is 11.8 Å². The second kappa shape index (κ2) is 6.69. The van der Waals surface area contributed by atoms with Gasteiger partial charge < -0.3 is 14.5 Å². The van der Waals surface area contributed by atoms with Gasteiger partial charge in [0.05, 0.1) is 12.0 Å². The molecule has 96 valence electrons. The Morgan fingerprint density at radius 2 is 2.06 bits per heavy atom. The van der Waals surface area contributed by atoms with Crippen molar-refractivity contribution in [2.75, 3.05) is 7.05 Å². The van der Waals surface area contributed by atoms with Gasteiger partial charge in [-0.3, -0.25) is 4.79 Å². The van der Waals surface area contributed by atoms with Crippen molar-refractivity contribution >= 4 is 18.5 Å². The highest BCUT2D eigenvalue weighted by Gasteiger charge is 2.30. The molecule has 0 heterocycles. The van der Waals surface area contributed by atoms with Gasteiger partial charge in [0, 0.05) is 13.0 Å². The van der Waals surface area contributed by atoms with E-state index in [1.165, 1.54) is 4.90 Å². The lowest BCUT2D eigenvalue weighted by Crippen LogP contribution is -2.43. The van der Waals surface area contributed by atoms with Crippen LogP contribution in [0.25, 0.3) is 0 Å². The summed E-state index contributed by atoms with van der Waals surface area (Å²) < 4.78 is 0. The largest absolute Gasteiger partial charge is 0.335 e. The van der Waals surface area contributed by atoms with Crippen LogP contribution < -0.4 is 0 Å². The lowest BCUT2D eigenvalue weighted by atomic mass is 9.88. The minimum atomic E-state index is -0.526. The molecule has 0 bridgehead atoms. The van der Waals surface area contributed by atoms with Gasteiger partial charge in [-0.15, -0.1) is 6.58 Å². The van der Waals surface area contributed by atoms with Gasteiger partial charge in [0.1, 0.15) is 12.6 Å². The van der Waals surface area contributed by atoms with Gasteiger partial charge in [0.25, 0.3) is 0 Å². The molecule has 0 aromatic carbocycles. The number of aldehydes is 2. The van der Waals surface area contributed by atoms with Crippen molar-refractivity contribution < 1.29 is 14.4 Å². The van der Waals surface area contributed by atoms with E-state index in [1.54, 1.807) is 37.4 Å². The lowest BCUT2D eigenvalue weighted by Gasteiger charge is -2.28. The van der Waals surface area contributed by atoms with Gasteiger partial charge in [0.15, 0.2) is 0 Å². The van der Waals surface area contributed by atoms with Crippen molar-refractivity contribution in [3.63, 3.8) is 0 Å². The van der Waals surface area contributed by atoms with Crippen LogP contribution in [-0.2, 0) is 14.4 Å². The quantitative estimate of drug-likeness (QED) is 0.522. The fraction of sp³-hybridized carbons (Fsp3) is 0.357. The zero-order valence-corrected chi connectivity index (χ0v) is 10.4. The van der Waals surface area contributed by atoms with E-state index >= 15 is 0 Å². The summed E-state index contributed by atoms with van der Waals surface area (Å²) in [5.41, 5.74) is 0. The molecule has 3 atom stereocenters. The summed E-state index contributed by atoms with van der Waals surface area (Å²) in [6.45, 7) is 3.56. The lowest BCUT2D eigenvalue weighted by molar-refractivity contribution is -0.139. The van der Waals surface area contributed by atoms with Gasteiger partial charge in [-0.1, -0.05) is 30.4 Å². The van der Waals surface area contributed by atoms with Crippen LogP contribution in [0.4, 0.5) is 0 Å². The van der Waals surface area contributed by atoms with Crippen LogP contribution in [0.2, 0.25) is 0 Å². The zero-order chi connectivity index (χ0) is 13.5. The van der Waals surface area contributed by atoms with Crippen molar-refractivity contribution in [3.8, 4) is 0 Å². The monoisotopic (exact) mass is 247 g/mol. The number of carbonyl (C=O) groups excluding carboxylic acids is 3. The third-order valence-electron chi connectivity index (χ3n) is 3.03. The average molecular weight is 247 g/mol. The number of hydrogen-bond acceptors (Lipinski definition) is 3. The van der Waals surface area contributed by atoms with E-state index in [9.17, 15) is 14.4 Å². The first kappa shape index (κ1) is 14.1. The number of nitrogens with zero attached hydrogens (tertiary/aromatic N) is 1. The Balaban J connectivity index is 2.82. The van der Waals surface area contributed by atoms with Crippen molar-refractivity contribution in [2.45, 2.75) is 12.5 Å². The highest BCUT2D eigenvalue weighted by molar-refractivity contribution is 5.86. The van der Waals surface area contributed by atoms with Gasteiger partial charge >= 0.3 is 0 Å². The van der Waals surface area contributed by atoms with Crippen LogP contribution >= 0.6 is 0 Å². The Morgan fingerprint density at radius 3 is 2.61 bits per heavy atom. The smallest absolute Gasteiger partial charge is 0.230 e. The second-order valence-electron chi connectivity index (χ2n) is 4.19. The number of allylic oxidation sites excluding steroid dienone is 3. The second-order valence-corrected chi connectivity index (χ2v) is 4.19. The van der Waals surface area contributed by atoms with E-state index in [0.717, 1.165) is 12.6 Å². The molecule has 0 aromatic rings. The molecule has 0 N–H and O–H groups in total. The third-order valence-corrected chi connectivity index (χ3v) is 3.03. The summed E-state index contributed by atoms with van der Waals surface area (Å²) in [7, 11) is 1.57. The maximum Gasteiger partial charge on any atom is 0.230 e. The number of amides is 1. The molecular formula is C14H17NO3. The van der Waals surface area contributed by atoms with Crippen LogP contribution in [-0.4, -0.2) is 36.5 Å². The van der Waals surface area contributed by atoms with Gasteiger partial charge in [0.2, 0.25) is 5.91 Å². The fourth-order valence-corrected chi connectivity index (χ4v) is 1.88. The van der Waals surface area contributed by atoms with Gasteiger partial charge in [-0.25, -0.2) is 0 Å². The van der Waals surface area contributed by atoms with E-state index < -0.39 is 17.9 Å². The molecule has 0 saturated carbocycles. The first-order chi connectivity index (χ1) is 8.65. The number of rotatable bonds is 6. The SMILES string of the molecule is C=CCC(C=O)N(C)C(=O)C1C=CC=CC1C=O.